The number of hydrogen-bond donors (Lipinski definition) is 1. The van der Waals surface area contributed by atoms with Crippen LogP contribution >= 0.6 is 0 Å². The number of aliphatic carboxylic acids is 1. The van der Waals surface area contributed by atoms with Crippen molar-refractivity contribution in [1.29, 1.82) is 0 Å². The summed E-state index contributed by atoms with van der Waals surface area (Å²) >= 11 is 0. The molecule has 0 unspecified atom stereocenters. The van der Waals surface area contributed by atoms with Crippen molar-refractivity contribution < 1.29 is 33.6 Å². The molecule has 172 valence electrons. The summed E-state index contributed by atoms with van der Waals surface area (Å²) < 4.78 is 22.1. The minimum absolute atomic E-state index is 0.0221. The van der Waals surface area contributed by atoms with Gasteiger partial charge in [0, 0.05) is 5.56 Å². The molecule has 8 heteroatoms. The Kier molecular flexibility index (Phi) is 6.41. The highest BCUT2D eigenvalue weighted by Crippen LogP contribution is 2.48. The van der Waals surface area contributed by atoms with Crippen molar-refractivity contribution >= 4 is 11.9 Å². The predicted octanol–water partition coefficient (Wildman–Crippen LogP) is 3.57. The van der Waals surface area contributed by atoms with Gasteiger partial charge in [0.05, 0.1) is 27.9 Å². The third-order valence-electron chi connectivity index (χ3n) is 6.67. The molecule has 1 spiro atoms. The predicted molar refractivity (Wildman–Crippen MR) is 114 cm³/mol. The van der Waals surface area contributed by atoms with Gasteiger partial charge in [-0.3, -0.25) is 9.69 Å². The largest absolute Gasteiger partial charge is 0.493 e. The molecule has 1 amide bonds. The minimum Gasteiger partial charge on any atom is -0.493 e. The lowest BCUT2D eigenvalue weighted by molar-refractivity contribution is -0.144. The maximum absolute atomic E-state index is 13.7. The van der Waals surface area contributed by atoms with Gasteiger partial charge in [-0.2, -0.15) is 0 Å². The molecule has 1 aromatic rings. The van der Waals surface area contributed by atoms with E-state index in [0.29, 0.717) is 36.0 Å². The van der Waals surface area contributed by atoms with Crippen LogP contribution in [-0.2, 0) is 9.53 Å². The quantitative estimate of drug-likeness (QED) is 0.755. The summed E-state index contributed by atoms with van der Waals surface area (Å²) in [5.74, 6) is 0.0393. The van der Waals surface area contributed by atoms with Crippen molar-refractivity contribution in [1.82, 2.24) is 4.90 Å². The molecule has 1 aliphatic heterocycles. The van der Waals surface area contributed by atoms with E-state index in [1.807, 2.05) is 0 Å². The first-order chi connectivity index (χ1) is 14.6. The van der Waals surface area contributed by atoms with E-state index in [4.69, 9.17) is 18.9 Å². The molecule has 31 heavy (non-hydrogen) atoms. The van der Waals surface area contributed by atoms with Gasteiger partial charge in [0.2, 0.25) is 5.75 Å². The summed E-state index contributed by atoms with van der Waals surface area (Å²) in [6.45, 7) is 6.61. The van der Waals surface area contributed by atoms with Gasteiger partial charge < -0.3 is 24.1 Å². The lowest BCUT2D eigenvalue weighted by Gasteiger charge is -2.46. The van der Waals surface area contributed by atoms with Gasteiger partial charge in [-0.1, -0.05) is 20.8 Å². The Morgan fingerprint density at radius 3 is 2.03 bits per heavy atom. The number of carbonyl (C=O) groups is 2. The van der Waals surface area contributed by atoms with E-state index in [9.17, 15) is 14.7 Å². The Morgan fingerprint density at radius 1 is 1.06 bits per heavy atom. The number of carboxylic acid groups (broad SMARTS) is 1. The molecule has 0 aromatic heterocycles. The first-order valence-corrected chi connectivity index (χ1v) is 10.6. The van der Waals surface area contributed by atoms with E-state index in [-0.39, 0.29) is 17.6 Å². The number of rotatable bonds is 5. The van der Waals surface area contributed by atoms with Crippen molar-refractivity contribution in [3.05, 3.63) is 17.7 Å². The van der Waals surface area contributed by atoms with Crippen LogP contribution in [-0.4, -0.2) is 61.6 Å². The molecule has 1 aliphatic carbocycles. The van der Waals surface area contributed by atoms with Gasteiger partial charge in [0.15, 0.2) is 17.5 Å². The number of methoxy groups -OCH3 is 3. The van der Waals surface area contributed by atoms with Crippen LogP contribution in [0.15, 0.2) is 12.1 Å². The zero-order chi connectivity index (χ0) is 23.0. The highest BCUT2D eigenvalue weighted by Gasteiger charge is 2.55. The summed E-state index contributed by atoms with van der Waals surface area (Å²) in [6.07, 6.45) is 2.95. The molecule has 0 radical (unpaired) electrons. The van der Waals surface area contributed by atoms with Crippen LogP contribution < -0.4 is 14.2 Å². The average molecular weight is 436 g/mol. The molecule has 0 bridgehead atoms. The van der Waals surface area contributed by atoms with E-state index in [1.165, 1.54) is 26.2 Å². The lowest BCUT2D eigenvalue weighted by Crippen LogP contribution is -2.55. The Hall–Kier alpha value is -2.48. The van der Waals surface area contributed by atoms with Gasteiger partial charge in [0.1, 0.15) is 5.72 Å². The number of carboxylic acids is 1. The second-order valence-electron chi connectivity index (χ2n) is 9.34. The third-order valence-corrected chi connectivity index (χ3v) is 6.67. The number of carbonyl (C=O) groups excluding carboxylic acids is 1. The summed E-state index contributed by atoms with van der Waals surface area (Å²) in [7, 11) is 4.43. The van der Waals surface area contributed by atoms with Crippen LogP contribution in [0.25, 0.3) is 0 Å². The van der Waals surface area contributed by atoms with Crippen molar-refractivity contribution in [3.63, 3.8) is 0 Å². The van der Waals surface area contributed by atoms with Crippen LogP contribution in [0.5, 0.6) is 17.2 Å². The Balaban J connectivity index is 1.99. The van der Waals surface area contributed by atoms with Crippen LogP contribution in [0.1, 0.15) is 56.8 Å². The highest BCUT2D eigenvalue weighted by atomic mass is 16.5. The minimum atomic E-state index is -1.07. The van der Waals surface area contributed by atoms with E-state index in [2.05, 4.69) is 20.8 Å². The Labute approximate surface area is 183 Å². The summed E-state index contributed by atoms with van der Waals surface area (Å²) in [4.78, 5) is 27.1. The van der Waals surface area contributed by atoms with Crippen LogP contribution in [0.3, 0.4) is 0 Å². The van der Waals surface area contributed by atoms with Crippen LogP contribution in [0.4, 0.5) is 0 Å². The van der Waals surface area contributed by atoms with E-state index >= 15 is 0 Å². The molecule has 1 saturated carbocycles. The van der Waals surface area contributed by atoms with E-state index < -0.39 is 23.6 Å². The number of nitrogens with zero attached hydrogens (tertiary/aromatic N) is 1. The molecular weight excluding hydrogens is 402 g/mol. The average Bonchev–Trinajstić information content (AvgIpc) is 3.10. The second kappa shape index (κ2) is 8.57. The molecular formula is C23H33NO7. The first-order valence-electron chi connectivity index (χ1n) is 10.6. The molecule has 1 heterocycles. The van der Waals surface area contributed by atoms with Gasteiger partial charge in [-0.05, 0) is 49.1 Å². The lowest BCUT2D eigenvalue weighted by atomic mass is 9.70. The van der Waals surface area contributed by atoms with Gasteiger partial charge in [-0.15, -0.1) is 0 Å². The van der Waals surface area contributed by atoms with Crippen molar-refractivity contribution in [2.24, 2.45) is 11.3 Å². The fourth-order valence-electron chi connectivity index (χ4n) is 4.83. The second-order valence-corrected chi connectivity index (χ2v) is 9.34. The monoisotopic (exact) mass is 435 g/mol. The van der Waals surface area contributed by atoms with Crippen LogP contribution in [0, 0.1) is 11.3 Å². The Bertz CT molecular complexity index is 812. The molecule has 1 saturated heterocycles. The standard InChI is InChI=1S/C23H33NO7/c1-22(2,3)15-7-9-23(10-8-15)24(16(13-31-23)21(26)27)20(25)14-11-17(28-4)19(30-6)18(12-14)29-5/h11-12,15-16H,7-10,13H2,1-6H3,(H,26,27)/t15?,16-,23?/m1/s1. The molecule has 3 rings (SSSR count). The first kappa shape index (κ1) is 23.2. The zero-order valence-corrected chi connectivity index (χ0v) is 19.2. The summed E-state index contributed by atoms with van der Waals surface area (Å²) in [5, 5.41) is 9.82. The van der Waals surface area contributed by atoms with Gasteiger partial charge in [0.25, 0.3) is 5.91 Å². The molecule has 8 nitrogen and oxygen atoms in total. The topological polar surface area (TPSA) is 94.5 Å². The Morgan fingerprint density at radius 2 is 1.61 bits per heavy atom. The third kappa shape index (κ3) is 4.18. The van der Waals surface area contributed by atoms with E-state index in [1.54, 1.807) is 12.1 Å². The SMILES string of the molecule is COc1cc(C(=O)N2[C@@H](C(=O)O)COC23CCC(C(C)(C)C)CC3)cc(OC)c1OC. The van der Waals surface area contributed by atoms with Crippen molar-refractivity contribution in [3.8, 4) is 17.2 Å². The summed E-state index contributed by atoms with van der Waals surface area (Å²) in [5.41, 5.74) is -0.496. The molecule has 2 fully saturated rings. The van der Waals surface area contributed by atoms with Crippen molar-refractivity contribution in [2.45, 2.75) is 58.2 Å². The molecule has 2 aliphatic rings. The molecule has 1 N–H and O–H groups in total. The van der Waals surface area contributed by atoms with Crippen LogP contribution in [0.2, 0.25) is 0 Å². The van der Waals surface area contributed by atoms with Gasteiger partial charge in [-0.25, -0.2) is 4.79 Å². The summed E-state index contributed by atoms with van der Waals surface area (Å²) in [6, 6.07) is 2.06. The molecule has 1 aromatic carbocycles. The van der Waals surface area contributed by atoms with E-state index in [0.717, 1.165) is 12.8 Å². The molecule has 1 atom stereocenters. The van der Waals surface area contributed by atoms with Crippen molar-refractivity contribution in [2.75, 3.05) is 27.9 Å². The number of ether oxygens (including phenoxy) is 4. The normalized spacial score (nSPS) is 26.1. The maximum Gasteiger partial charge on any atom is 0.328 e. The number of amides is 1. The number of benzene rings is 1. The fourth-order valence-corrected chi connectivity index (χ4v) is 4.83. The smallest absolute Gasteiger partial charge is 0.328 e. The highest BCUT2D eigenvalue weighted by molar-refractivity contribution is 5.98. The fraction of sp³-hybridized carbons (Fsp3) is 0.652. The van der Waals surface area contributed by atoms with Gasteiger partial charge >= 0.3 is 5.97 Å². The number of hydrogen-bond acceptors (Lipinski definition) is 6. The zero-order valence-electron chi connectivity index (χ0n) is 19.2. The maximum atomic E-state index is 13.7.